The van der Waals surface area contributed by atoms with Gasteiger partial charge in [0, 0.05) is 6.54 Å². The van der Waals surface area contributed by atoms with Gasteiger partial charge in [0.05, 0.1) is 42.3 Å². The van der Waals surface area contributed by atoms with Gasteiger partial charge in [-0.25, -0.2) is 9.59 Å². The van der Waals surface area contributed by atoms with Gasteiger partial charge in [-0.05, 0) is 74.2 Å². The Kier molecular flexibility index (Phi) is 8.23. The van der Waals surface area contributed by atoms with Crippen LogP contribution in [0.15, 0.2) is 30.3 Å². The number of alkyl halides is 6. The van der Waals surface area contributed by atoms with Crippen LogP contribution in [-0.4, -0.2) is 38.4 Å². The molecular formula is C26H28F6N2O4. The standard InChI is InChI=1S/C26H28F6N2O4/c1-6-19-13-33(20-8-14(3)15(4)9-21(20)34(19)24(36)38-7-2)22(23(35)37-5)16-10-17(25(27,28)29)12-18(11-16)26(30,31)32/h8-12,19,22H,6-7,13H2,1-5H3/t19-,22+/m1/s1. The third kappa shape index (κ3) is 5.68. The molecule has 208 valence electrons. The Balaban J connectivity index is 2.32. The zero-order valence-corrected chi connectivity index (χ0v) is 21.5. The first-order valence-electron chi connectivity index (χ1n) is 11.8. The quantitative estimate of drug-likeness (QED) is 0.304. The molecule has 0 aliphatic carbocycles. The second kappa shape index (κ2) is 10.7. The number of ether oxygens (including phenoxy) is 2. The van der Waals surface area contributed by atoms with Crippen LogP contribution in [0.2, 0.25) is 0 Å². The lowest BCUT2D eigenvalue weighted by atomic mass is 9.94. The molecule has 0 saturated heterocycles. The Hall–Kier alpha value is -3.44. The molecule has 0 N–H and O–H groups in total. The van der Waals surface area contributed by atoms with Gasteiger partial charge in [0.1, 0.15) is 0 Å². The predicted molar refractivity (Wildman–Crippen MR) is 128 cm³/mol. The van der Waals surface area contributed by atoms with E-state index in [1.807, 2.05) is 0 Å². The maximum atomic E-state index is 13.6. The third-order valence-electron chi connectivity index (χ3n) is 6.53. The van der Waals surface area contributed by atoms with Crippen molar-refractivity contribution in [3.8, 4) is 0 Å². The Bertz CT molecular complexity index is 1180. The summed E-state index contributed by atoms with van der Waals surface area (Å²) in [5.74, 6) is -1.05. The SMILES string of the molecule is CCOC(=O)N1c2cc(C)c(C)cc2N([C@H](C(=O)OC)c2cc(C(F)(F)F)cc(C(F)(F)F)c2)C[C@H]1CC. The molecule has 38 heavy (non-hydrogen) atoms. The molecule has 3 rings (SSSR count). The lowest BCUT2D eigenvalue weighted by molar-refractivity contribution is -0.145. The van der Waals surface area contributed by atoms with E-state index in [0.29, 0.717) is 24.2 Å². The van der Waals surface area contributed by atoms with Crippen molar-refractivity contribution >= 4 is 23.4 Å². The zero-order chi connectivity index (χ0) is 28.6. The third-order valence-corrected chi connectivity index (χ3v) is 6.53. The van der Waals surface area contributed by atoms with Crippen molar-refractivity contribution in [2.24, 2.45) is 0 Å². The summed E-state index contributed by atoms with van der Waals surface area (Å²) >= 11 is 0. The van der Waals surface area contributed by atoms with Crippen molar-refractivity contribution in [1.82, 2.24) is 0 Å². The Morgan fingerprint density at radius 3 is 1.89 bits per heavy atom. The number of anilines is 2. The van der Waals surface area contributed by atoms with Gasteiger partial charge < -0.3 is 14.4 Å². The number of benzene rings is 2. The highest BCUT2D eigenvalue weighted by atomic mass is 19.4. The normalized spacial score (nSPS) is 16.7. The number of hydrogen-bond donors (Lipinski definition) is 0. The number of rotatable bonds is 5. The Morgan fingerprint density at radius 1 is 0.921 bits per heavy atom. The molecule has 0 bridgehead atoms. The highest BCUT2D eigenvalue weighted by Gasteiger charge is 2.43. The molecule has 0 unspecified atom stereocenters. The lowest BCUT2D eigenvalue weighted by Crippen LogP contribution is -2.53. The fourth-order valence-corrected chi connectivity index (χ4v) is 4.50. The minimum Gasteiger partial charge on any atom is -0.467 e. The molecule has 0 saturated carbocycles. The fraction of sp³-hybridized carbons (Fsp3) is 0.462. The van der Waals surface area contributed by atoms with Crippen LogP contribution in [0, 0.1) is 13.8 Å². The molecular weight excluding hydrogens is 518 g/mol. The van der Waals surface area contributed by atoms with E-state index in [9.17, 15) is 35.9 Å². The van der Waals surface area contributed by atoms with Crippen LogP contribution in [0.1, 0.15) is 54.1 Å². The largest absolute Gasteiger partial charge is 0.467 e. The Morgan fingerprint density at radius 2 is 1.45 bits per heavy atom. The average Bonchev–Trinajstić information content (AvgIpc) is 2.83. The van der Waals surface area contributed by atoms with E-state index in [0.717, 1.165) is 18.2 Å². The van der Waals surface area contributed by atoms with Gasteiger partial charge in [-0.2, -0.15) is 26.3 Å². The van der Waals surface area contributed by atoms with Crippen LogP contribution < -0.4 is 9.80 Å². The molecule has 1 aliphatic heterocycles. The first kappa shape index (κ1) is 29.1. The van der Waals surface area contributed by atoms with Crippen molar-refractivity contribution in [2.75, 3.05) is 30.1 Å². The maximum Gasteiger partial charge on any atom is 0.416 e. The number of carbonyl (C=O) groups excluding carboxylic acids is 2. The van der Waals surface area contributed by atoms with Crippen LogP contribution in [0.4, 0.5) is 42.5 Å². The van der Waals surface area contributed by atoms with Crippen LogP contribution >= 0.6 is 0 Å². The van der Waals surface area contributed by atoms with Gasteiger partial charge in [-0.3, -0.25) is 4.90 Å². The van der Waals surface area contributed by atoms with Crippen molar-refractivity contribution in [1.29, 1.82) is 0 Å². The molecule has 2 atom stereocenters. The second-order valence-electron chi connectivity index (χ2n) is 8.97. The van der Waals surface area contributed by atoms with E-state index in [2.05, 4.69) is 0 Å². The molecule has 2 aromatic rings. The smallest absolute Gasteiger partial charge is 0.416 e. The molecule has 6 nitrogen and oxygen atoms in total. The lowest BCUT2D eigenvalue weighted by Gasteiger charge is -2.45. The number of aryl methyl sites for hydroxylation is 2. The summed E-state index contributed by atoms with van der Waals surface area (Å²) in [6.45, 7) is 6.95. The molecule has 0 radical (unpaired) electrons. The summed E-state index contributed by atoms with van der Waals surface area (Å²) in [7, 11) is 1.00. The topological polar surface area (TPSA) is 59.1 Å². The summed E-state index contributed by atoms with van der Waals surface area (Å²) < 4.78 is 91.9. The van der Waals surface area contributed by atoms with Gasteiger partial charge in [-0.1, -0.05) is 6.92 Å². The molecule has 0 spiro atoms. The first-order chi connectivity index (χ1) is 17.6. The van der Waals surface area contributed by atoms with Gasteiger partial charge in [0.25, 0.3) is 0 Å². The number of halogens is 6. The first-order valence-corrected chi connectivity index (χ1v) is 11.8. The molecule has 2 aromatic carbocycles. The Labute approximate surface area is 216 Å². The minimum absolute atomic E-state index is 0.00678. The highest BCUT2D eigenvalue weighted by Crippen LogP contribution is 2.45. The van der Waals surface area contributed by atoms with Gasteiger partial charge >= 0.3 is 24.4 Å². The van der Waals surface area contributed by atoms with Gasteiger partial charge in [-0.15, -0.1) is 0 Å². The number of methoxy groups -OCH3 is 1. The van der Waals surface area contributed by atoms with Crippen molar-refractivity contribution < 1.29 is 45.4 Å². The van der Waals surface area contributed by atoms with Crippen molar-refractivity contribution in [3.63, 3.8) is 0 Å². The van der Waals surface area contributed by atoms with Crippen LogP contribution in [0.25, 0.3) is 0 Å². The number of amides is 1. The molecule has 1 heterocycles. The minimum atomic E-state index is -5.10. The van der Waals surface area contributed by atoms with Crippen LogP contribution in [0.5, 0.6) is 0 Å². The average molecular weight is 547 g/mol. The summed E-state index contributed by atoms with van der Waals surface area (Å²) in [6.07, 6.45) is -10.5. The summed E-state index contributed by atoms with van der Waals surface area (Å²) in [5, 5.41) is 0. The van der Waals surface area contributed by atoms with Crippen molar-refractivity contribution in [3.05, 3.63) is 58.1 Å². The zero-order valence-electron chi connectivity index (χ0n) is 21.5. The highest BCUT2D eigenvalue weighted by molar-refractivity contribution is 5.96. The van der Waals surface area contributed by atoms with Crippen molar-refractivity contribution in [2.45, 2.75) is 58.6 Å². The number of carbonyl (C=O) groups is 2. The summed E-state index contributed by atoms with van der Waals surface area (Å²) in [6, 6.07) is 2.10. The molecule has 0 fully saturated rings. The summed E-state index contributed by atoms with van der Waals surface area (Å²) in [4.78, 5) is 28.8. The number of hydrogen-bond acceptors (Lipinski definition) is 5. The van der Waals surface area contributed by atoms with Crippen LogP contribution in [0.3, 0.4) is 0 Å². The number of fused-ring (bicyclic) bond motifs is 1. The number of esters is 1. The van der Waals surface area contributed by atoms with Gasteiger partial charge in [0.15, 0.2) is 6.04 Å². The van der Waals surface area contributed by atoms with E-state index >= 15 is 0 Å². The van der Waals surface area contributed by atoms with E-state index in [1.165, 1.54) is 9.80 Å². The van der Waals surface area contributed by atoms with E-state index in [-0.39, 0.29) is 24.9 Å². The predicted octanol–water partition coefficient (Wildman–Crippen LogP) is 6.82. The molecule has 12 heteroatoms. The molecule has 1 aliphatic rings. The van der Waals surface area contributed by atoms with E-state index in [1.54, 1.807) is 39.8 Å². The summed E-state index contributed by atoms with van der Waals surface area (Å²) in [5.41, 5.74) is -1.53. The van der Waals surface area contributed by atoms with Crippen LogP contribution in [-0.2, 0) is 26.6 Å². The molecule has 0 aromatic heterocycles. The fourth-order valence-electron chi connectivity index (χ4n) is 4.50. The second-order valence-corrected chi connectivity index (χ2v) is 8.97. The van der Waals surface area contributed by atoms with E-state index in [4.69, 9.17) is 9.47 Å². The molecule has 1 amide bonds. The van der Waals surface area contributed by atoms with Gasteiger partial charge in [0.2, 0.25) is 0 Å². The number of nitrogens with zero attached hydrogens (tertiary/aromatic N) is 2. The van der Waals surface area contributed by atoms with E-state index < -0.39 is 53.2 Å². The monoisotopic (exact) mass is 546 g/mol. The maximum absolute atomic E-state index is 13.6.